The van der Waals surface area contributed by atoms with Crippen molar-refractivity contribution >= 4 is 28.8 Å². The van der Waals surface area contributed by atoms with E-state index in [0.29, 0.717) is 5.02 Å². The van der Waals surface area contributed by atoms with E-state index in [9.17, 15) is 13.2 Å². The third-order valence-electron chi connectivity index (χ3n) is 2.60. The highest BCUT2D eigenvalue weighted by atomic mass is 35.5. The largest absolute Gasteiger partial charge is 0.416 e. The topological polar surface area (TPSA) is 74.7 Å². The van der Waals surface area contributed by atoms with Gasteiger partial charge in [0.25, 0.3) is 0 Å². The van der Waals surface area contributed by atoms with Gasteiger partial charge in [0.2, 0.25) is 0 Å². The standard InChI is InChI=1S/C13H8ClF3N4/c14-9-4-10(19)12(20-6-9)21-11-2-1-8(13(15,16)17)3-7(11)5-18/h1-4,6H,19H2,(H,20,21). The Bertz CT molecular complexity index is 722. The van der Waals surface area contributed by atoms with Crippen molar-refractivity contribution in [2.75, 3.05) is 11.1 Å². The van der Waals surface area contributed by atoms with E-state index < -0.39 is 11.7 Å². The fraction of sp³-hybridized carbons (Fsp3) is 0.0769. The Morgan fingerprint density at radius 1 is 1.29 bits per heavy atom. The Hall–Kier alpha value is -2.46. The summed E-state index contributed by atoms with van der Waals surface area (Å²) in [7, 11) is 0. The summed E-state index contributed by atoms with van der Waals surface area (Å²) in [6.07, 6.45) is -3.18. The maximum atomic E-state index is 12.6. The second kappa shape index (κ2) is 5.50. The number of nitrogens with two attached hydrogens (primary N) is 1. The number of hydrogen-bond donors (Lipinski definition) is 2. The summed E-state index contributed by atoms with van der Waals surface area (Å²) in [6.45, 7) is 0. The second-order valence-corrected chi connectivity index (χ2v) is 4.52. The summed E-state index contributed by atoms with van der Waals surface area (Å²) in [6, 6.07) is 5.92. The molecule has 0 spiro atoms. The number of nitrogens with one attached hydrogen (secondary N) is 1. The van der Waals surface area contributed by atoms with Crippen LogP contribution in [0, 0.1) is 11.3 Å². The van der Waals surface area contributed by atoms with E-state index in [1.807, 2.05) is 0 Å². The molecule has 0 bridgehead atoms. The van der Waals surface area contributed by atoms with Gasteiger partial charge in [-0.15, -0.1) is 0 Å². The van der Waals surface area contributed by atoms with Crippen LogP contribution >= 0.6 is 11.6 Å². The molecule has 1 aromatic heterocycles. The predicted molar refractivity (Wildman–Crippen MR) is 73.1 cm³/mol. The molecule has 8 heteroatoms. The maximum absolute atomic E-state index is 12.6. The van der Waals surface area contributed by atoms with Crippen LogP contribution in [0.3, 0.4) is 0 Å². The van der Waals surface area contributed by atoms with Gasteiger partial charge in [0, 0.05) is 6.20 Å². The second-order valence-electron chi connectivity index (χ2n) is 4.09. The van der Waals surface area contributed by atoms with E-state index in [-0.39, 0.29) is 22.8 Å². The van der Waals surface area contributed by atoms with Crippen molar-refractivity contribution in [1.29, 1.82) is 5.26 Å². The molecule has 0 saturated carbocycles. The highest BCUT2D eigenvalue weighted by Crippen LogP contribution is 2.33. The average molecular weight is 313 g/mol. The molecule has 0 unspecified atom stereocenters. The molecular formula is C13H8ClF3N4. The third kappa shape index (κ3) is 3.35. The van der Waals surface area contributed by atoms with Crippen LogP contribution in [0.5, 0.6) is 0 Å². The van der Waals surface area contributed by atoms with Crippen LogP contribution < -0.4 is 11.1 Å². The minimum absolute atomic E-state index is 0.166. The number of aromatic nitrogens is 1. The number of nitriles is 1. The molecule has 3 N–H and O–H groups in total. The first kappa shape index (κ1) is 14.9. The van der Waals surface area contributed by atoms with Crippen molar-refractivity contribution < 1.29 is 13.2 Å². The molecule has 0 radical (unpaired) electrons. The number of hydrogen-bond acceptors (Lipinski definition) is 4. The molecule has 1 aromatic carbocycles. The molecule has 0 saturated heterocycles. The summed E-state index contributed by atoms with van der Waals surface area (Å²) in [5, 5.41) is 12.0. The molecule has 0 fully saturated rings. The molecule has 1 heterocycles. The zero-order valence-corrected chi connectivity index (χ0v) is 11.1. The number of alkyl halides is 3. The van der Waals surface area contributed by atoms with Gasteiger partial charge in [-0.2, -0.15) is 18.4 Å². The molecule has 0 amide bonds. The molecule has 4 nitrogen and oxygen atoms in total. The first-order valence-electron chi connectivity index (χ1n) is 5.60. The monoisotopic (exact) mass is 312 g/mol. The van der Waals surface area contributed by atoms with E-state index >= 15 is 0 Å². The maximum Gasteiger partial charge on any atom is 0.416 e. The van der Waals surface area contributed by atoms with Gasteiger partial charge in [0.1, 0.15) is 6.07 Å². The van der Waals surface area contributed by atoms with E-state index in [1.54, 1.807) is 6.07 Å². The number of halogens is 4. The van der Waals surface area contributed by atoms with Crippen molar-refractivity contribution in [3.63, 3.8) is 0 Å². The van der Waals surface area contributed by atoms with Crippen molar-refractivity contribution in [2.45, 2.75) is 6.18 Å². The lowest BCUT2D eigenvalue weighted by Crippen LogP contribution is -2.06. The minimum atomic E-state index is -4.51. The molecule has 0 aliphatic heterocycles. The summed E-state index contributed by atoms with van der Waals surface area (Å²) >= 11 is 5.70. The summed E-state index contributed by atoms with van der Waals surface area (Å²) < 4.78 is 37.8. The molecule has 0 aliphatic rings. The van der Waals surface area contributed by atoms with Gasteiger partial charge in [-0.05, 0) is 24.3 Å². The van der Waals surface area contributed by atoms with Crippen LogP contribution in [-0.4, -0.2) is 4.98 Å². The molecule has 2 aromatic rings. The normalized spacial score (nSPS) is 11.0. The number of anilines is 3. The van der Waals surface area contributed by atoms with Crippen molar-refractivity contribution in [2.24, 2.45) is 0 Å². The van der Waals surface area contributed by atoms with Crippen LogP contribution in [0.1, 0.15) is 11.1 Å². The lowest BCUT2D eigenvalue weighted by Gasteiger charge is -2.12. The van der Waals surface area contributed by atoms with Crippen molar-refractivity contribution in [3.8, 4) is 6.07 Å². The Balaban J connectivity index is 2.39. The molecular weight excluding hydrogens is 305 g/mol. The van der Waals surface area contributed by atoms with E-state index in [2.05, 4.69) is 10.3 Å². The number of nitrogen functional groups attached to an aromatic ring is 1. The lowest BCUT2D eigenvalue weighted by atomic mass is 10.1. The minimum Gasteiger partial charge on any atom is -0.396 e. The molecule has 0 aliphatic carbocycles. The van der Waals surface area contributed by atoms with Gasteiger partial charge in [0.15, 0.2) is 5.82 Å². The lowest BCUT2D eigenvalue weighted by molar-refractivity contribution is -0.137. The number of nitrogens with zero attached hydrogens (tertiary/aromatic N) is 2. The smallest absolute Gasteiger partial charge is 0.396 e. The molecule has 2 rings (SSSR count). The van der Waals surface area contributed by atoms with Crippen LogP contribution in [0.25, 0.3) is 0 Å². The van der Waals surface area contributed by atoms with Gasteiger partial charge in [-0.25, -0.2) is 4.98 Å². The van der Waals surface area contributed by atoms with Gasteiger partial charge < -0.3 is 11.1 Å². The number of pyridine rings is 1. The van der Waals surface area contributed by atoms with Crippen molar-refractivity contribution in [3.05, 3.63) is 46.6 Å². The SMILES string of the molecule is N#Cc1cc(C(F)(F)F)ccc1Nc1ncc(Cl)cc1N. The van der Waals surface area contributed by atoms with E-state index in [1.165, 1.54) is 12.3 Å². The third-order valence-corrected chi connectivity index (χ3v) is 2.81. The number of rotatable bonds is 2. The fourth-order valence-electron chi connectivity index (χ4n) is 1.61. The Morgan fingerprint density at radius 2 is 2.00 bits per heavy atom. The summed E-state index contributed by atoms with van der Waals surface area (Å²) in [5.41, 5.74) is 5.01. The zero-order valence-electron chi connectivity index (χ0n) is 10.4. The van der Waals surface area contributed by atoms with Crippen molar-refractivity contribution in [1.82, 2.24) is 4.98 Å². The average Bonchev–Trinajstić information content (AvgIpc) is 2.41. The Labute approximate surface area is 123 Å². The van der Waals surface area contributed by atoms with Gasteiger partial charge >= 0.3 is 6.18 Å². The number of benzene rings is 1. The van der Waals surface area contributed by atoms with Crippen LogP contribution in [0.4, 0.5) is 30.4 Å². The highest BCUT2D eigenvalue weighted by Gasteiger charge is 2.31. The van der Waals surface area contributed by atoms with Gasteiger partial charge in [-0.1, -0.05) is 11.6 Å². The van der Waals surface area contributed by atoms with Gasteiger partial charge in [0.05, 0.1) is 27.5 Å². The fourth-order valence-corrected chi connectivity index (χ4v) is 1.78. The Kier molecular flexibility index (Phi) is 3.91. The highest BCUT2D eigenvalue weighted by molar-refractivity contribution is 6.30. The predicted octanol–water partition coefficient (Wildman–Crippen LogP) is 3.95. The first-order valence-corrected chi connectivity index (χ1v) is 5.98. The molecule has 108 valence electrons. The summed E-state index contributed by atoms with van der Waals surface area (Å²) in [5.74, 6) is 0.204. The van der Waals surface area contributed by atoms with Gasteiger partial charge in [-0.3, -0.25) is 0 Å². The summed E-state index contributed by atoms with van der Waals surface area (Å²) in [4.78, 5) is 3.92. The van der Waals surface area contributed by atoms with E-state index in [0.717, 1.165) is 18.2 Å². The van der Waals surface area contributed by atoms with Crippen LogP contribution in [0.2, 0.25) is 5.02 Å². The zero-order chi connectivity index (χ0) is 15.6. The van der Waals surface area contributed by atoms with Crippen LogP contribution in [-0.2, 0) is 6.18 Å². The Morgan fingerprint density at radius 3 is 2.57 bits per heavy atom. The first-order chi connectivity index (χ1) is 9.81. The molecule has 21 heavy (non-hydrogen) atoms. The quantitative estimate of drug-likeness (QED) is 0.880. The van der Waals surface area contributed by atoms with Crippen LogP contribution in [0.15, 0.2) is 30.5 Å². The van der Waals surface area contributed by atoms with E-state index in [4.69, 9.17) is 22.6 Å². The molecule has 0 atom stereocenters.